The third-order valence-electron chi connectivity index (χ3n) is 14.2. The molecule has 12 aromatic rings. The smallest absolute Gasteiger partial charge is 0.164 e. The van der Waals surface area contributed by atoms with E-state index in [9.17, 15) is 0 Å². The lowest BCUT2D eigenvalue weighted by molar-refractivity contribution is 0.674. The molecule has 1 unspecified atom stereocenters. The summed E-state index contributed by atoms with van der Waals surface area (Å²) in [7, 11) is 0. The molecule has 0 saturated carbocycles. The summed E-state index contributed by atoms with van der Waals surface area (Å²) in [5.41, 5.74) is 19.2. The maximum atomic E-state index is 5.21. The minimum absolute atomic E-state index is 0.357. The molecular formula is C72H50N6. The van der Waals surface area contributed by atoms with E-state index in [0.717, 1.165) is 106 Å². The van der Waals surface area contributed by atoms with Gasteiger partial charge in [-0.2, -0.15) is 0 Å². The van der Waals surface area contributed by atoms with E-state index in [1.165, 1.54) is 0 Å². The van der Waals surface area contributed by atoms with Gasteiger partial charge in [-0.1, -0.05) is 249 Å². The molecule has 11 aromatic carbocycles. The van der Waals surface area contributed by atoms with Crippen molar-refractivity contribution in [2.75, 3.05) is 0 Å². The van der Waals surface area contributed by atoms with Crippen molar-refractivity contribution in [1.82, 2.24) is 20.3 Å². The van der Waals surface area contributed by atoms with E-state index < -0.39 is 0 Å². The van der Waals surface area contributed by atoms with Crippen LogP contribution in [0, 0.1) is 0 Å². The van der Waals surface area contributed by atoms with Gasteiger partial charge < -0.3 is 5.32 Å². The fourth-order valence-electron chi connectivity index (χ4n) is 10.1. The van der Waals surface area contributed by atoms with Gasteiger partial charge >= 0.3 is 0 Å². The summed E-state index contributed by atoms with van der Waals surface area (Å²) >= 11 is 0. The number of benzene rings is 11. The molecule has 6 heteroatoms. The van der Waals surface area contributed by atoms with Crippen molar-refractivity contribution >= 4 is 11.7 Å². The molecule has 1 aromatic heterocycles. The molecule has 78 heavy (non-hydrogen) atoms. The third kappa shape index (κ3) is 10.2. The van der Waals surface area contributed by atoms with Gasteiger partial charge in [-0.3, -0.25) is 0 Å². The molecule has 1 aliphatic heterocycles. The lowest BCUT2D eigenvalue weighted by Gasteiger charge is -2.24. The van der Waals surface area contributed by atoms with Gasteiger partial charge in [0.2, 0.25) is 0 Å². The zero-order valence-electron chi connectivity index (χ0n) is 42.5. The van der Waals surface area contributed by atoms with E-state index >= 15 is 0 Å². The lowest BCUT2D eigenvalue weighted by atomic mass is 9.94. The molecule has 0 bridgehead atoms. The van der Waals surface area contributed by atoms with Crippen molar-refractivity contribution in [1.29, 1.82) is 0 Å². The topological polar surface area (TPSA) is 75.4 Å². The molecule has 368 valence electrons. The van der Waals surface area contributed by atoms with Crippen LogP contribution in [0.1, 0.15) is 22.9 Å². The highest BCUT2D eigenvalue weighted by molar-refractivity contribution is 6.13. The molecule has 1 N–H and O–H groups in total. The zero-order valence-corrected chi connectivity index (χ0v) is 42.5. The van der Waals surface area contributed by atoms with E-state index in [-0.39, 0.29) is 6.17 Å². The molecule has 6 nitrogen and oxygen atoms in total. The Morgan fingerprint density at radius 2 is 0.513 bits per heavy atom. The summed E-state index contributed by atoms with van der Waals surface area (Å²) in [6.45, 7) is 0. The average molecular weight is 999 g/mol. The van der Waals surface area contributed by atoms with Crippen LogP contribution in [0.2, 0.25) is 0 Å². The molecule has 0 saturated heterocycles. The molecule has 1 atom stereocenters. The highest BCUT2D eigenvalue weighted by atomic mass is 15.2. The maximum absolute atomic E-state index is 5.21. The van der Waals surface area contributed by atoms with Gasteiger partial charge in [0.25, 0.3) is 0 Å². The fourth-order valence-corrected chi connectivity index (χ4v) is 10.1. The van der Waals surface area contributed by atoms with Gasteiger partial charge in [-0.05, 0) is 115 Å². The fraction of sp³-hybridized carbons (Fsp3) is 0.0139. The van der Waals surface area contributed by atoms with Crippen LogP contribution in [-0.2, 0) is 0 Å². The minimum Gasteiger partial charge on any atom is -0.344 e. The molecule has 0 spiro atoms. The molecule has 0 fully saturated rings. The quantitative estimate of drug-likeness (QED) is 0.132. The number of aromatic nitrogens is 3. The Labute approximate surface area is 454 Å². The summed E-state index contributed by atoms with van der Waals surface area (Å²) in [5, 5.41) is 3.70. The summed E-state index contributed by atoms with van der Waals surface area (Å²) in [5.74, 6) is 3.34. The number of nitrogens with zero attached hydrogens (tertiary/aromatic N) is 5. The Morgan fingerprint density at radius 1 is 0.231 bits per heavy atom. The lowest BCUT2D eigenvalue weighted by Crippen LogP contribution is -2.33. The number of nitrogens with one attached hydrogen (secondary N) is 1. The van der Waals surface area contributed by atoms with Gasteiger partial charge in [0.05, 0.1) is 0 Å². The summed E-state index contributed by atoms with van der Waals surface area (Å²) in [4.78, 5) is 25.5. The van der Waals surface area contributed by atoms with E-state index in [0.29, 0.717) is 23.3 Å². The second-order valence-electron chi connectivity index (χ2n) is 19.3. The molecule has 0 amide bonds. The molecule has 1 aliphatic rings. The van der Waals surface area contributed by atoms with Crippen molar-refractivity contribution in [3.63, 3.8) is 0 Å². The predicted molar refractivity (Wildman–Crippen MR) is 321 cm³/mol. The predicted octanol–water partition coefficient (Wildman–Crippen LogP) is 17.4. The van der Waals surface area contributed by atoms with Gasteiger partial charge in [0.15, 0.2) is 23.3 Å². The van der Waals surface area contributed by atoms with Crippen LogP contribution in [0.3, 0.4) is 0 Å². The van der Waals surface area contributed by atoms with Gasteiger partial charge in [0.1, 0.15) is 12.0 Å². The first-order chi connectivity index (χ1) is 38.6. The first-order valence-electron chi connectivity index (χ1n) is 26.2. The van der Waals surface area contributed by atoms with Crippen LogP contribution < -0.4 is 5.32 Å². The Balaban J connectivity index is 0.780. The van der Waals surface area contributed by atoms with Crippen LogP contribution in [-0.4, -0.2) is 26.6 Å². The second-order valence-corrected chi connectivity index (χ2v) is 19.3. The molecule has 13 rings (SSSR count). The van der Waals surface area contributed by atoms with E-state index in [4.69, 9.17) is 24.9 Å². The summed E-state index contributed by atoms with van der Waals surface area (Å²) < 4.78 is 0. The van der Waals surface area contributed by atoms with Crippen LogP contribution in [0.15, 0.2) is 301 Å². The van der Waals surface area contributed by atoms with Gasteiger partial charge in [-0.15, -0.1) is 0 Å². The van der Waals surface area contributed by atoms with Gasteiger partial charge in [0, 0.05) is 27.8 Å². The van der Waals surface area contributed by atoms with Crippen LogP contribution in [0.5, 0.6) is 0 Å². The van der Waals surface area contributed by atoms with Crippen molar-refractivity contribution in [3.05, 3.63) is 308 Å². The summed E-state index contributed by atoms with van der Waals surface area (Å²) in [6.07, 6.45) is -0.357. The number of amidine groups is 2. The molecule has 0 radical (unpaired) electrons. The number of aliphatic imine (C=N–C) groups is 2. The van der Waals surface area contributed by atoms with Crippen LogP contribution in [0.4, 0.5) is 0 Å². The van der Waals surface area contributed by atoms with Crippen LogP contribution in [0.25, 0.3) is 101 Å². The minimum atomic E-state index is -0.357. The van der Waals surface area contributed by atoms with Crippen molar-refractivity contribution in [2.45, 2.75) is 6.17 Å². The monoisotopic (exact) mass is 998 g/mol. The van der Waals surface area contributed by atoms with E-state index in [1.807, 2.05) is 60.7 Å². The van der Waals surface area contributed by atoms with Crippen molar-refractivity contribution in [3.8, 4) is 101 Å². The van der Waals surface area contributed by atoms with Crippen molar-refractivity contribution in [2.24, 2.45) is 9.98 Å². The number of hydrogen-bond donors (Lipinski definition) is 1. The highest BCUT2D eigenvalue weighted by Gasteiger charge is 2.22. The molecular weight excluding hydrogens is 949 g/mol. The Hall–Kier alpha value is -10.4. The average Bonchev–Trinajstić information content (AvgIpc) is 3.57. The van der Waals surface area contributed by atoms with Crippen LogP contribution >= 0.6 is 0 Å². The molecule has 2 heterocycles. The summed E-state index contributed by atoms with van der Waals surface area (Å²) in [6, 6.07) is 102. The second kappa shape index (κ2) is 21.4. The molecule has 0 aliphatic carbocycles. The normalized spacial score (nSPS) is 13.0. The first kappa shape index (κ1) is 47.3. The third-order valence-corrected chi connectivity index (χ3v) is 14.2. The SMILES string of the molecule is c1ccc(C2=NC(c3cccc(-c4cccc(-c5cccc(-c6cccc(-c7cccc(-c8nc(-c9ccccc9)nc(-c9cccc(-c%10ccccc%10)c9)n8)c7)c6)c5)c4)c3)NC(c3cccc(-c4ccccc4)c3)=N2)cc1. The Morgan fingerprint density at radius 3 is 0.936 bits per heavy atom. The van der Waals surface area contributed by atoms with E-state index in [2.05, 4.69) is 236 Å². The first-order valence-corrected chi connectivity index (χ1v) is 26.2. The largest absolute Gasteiger partial charge is 0.344 e. The zero-order chi connectivity index (χ0) is 52.0. The Bertz CT molecular complexity index is 4170. The number of rotatable bonds is 12. The van der Waals surface area contributed by atoms with Gasteiger partial charge in [-0.25, -0.2) is 24.9 Å². The van der Waals surface area contributed by atoms with Crippen molar-refractivity contribution < 1.29 is 0 Å². The highest BCUT2D eigenvalue weighted by Crippen LogP contribution is 2.35. The maximum Gasteiger partial charge on any atom is 0.164 e. The number of hydrogen-bond acceptors (Lipinski definition) is 6. The Kier molecular flexibility index (Phi) is 13.0. The van der Waals surface area contributed by atoms with E-state index in [1.54, 1.807) is 0 Å². The standard InChI is InChI=1S/C72H50N6/c1-5-20-49(21-6-1)53-28-16-38-63(45-53)69-73-67(51-24-9-3-10-25-51)75-71(77-69)65-40-18-36-61(47-65)59-34-14-32-57(43-59)55-30-13-31-56(42-55)58-33-15-35-60(44-58)62-37-19-41-66(48-62)72-76-68(52-26-11-4-12-27-52)74-70(78-72)64-39-17-29-54(46-64)50-22-7-2-8-23-50/h1-48,71H,(H,73,75,77).